The van der Waals surface area contributed by atoms with Gasteiger partial charge < -0.3 is 15.1 Å². The second kappa shape index (κ2) is 16.6. The van der Waals surface area contributed by atoms with E-state index in [9.17, 15) is 0 Å². The van der Waals surface area contributed by atoms with Gasteiger partial charge in [0, 0.05) is 22.1 Å². The summed E-state index contributed by atoms with van der Waals surface area (Å²) in [6.07, 6.45) is 7.84. The number of aromatic nitrogens is 4. The summed E-state index contributed by atoms with van der Waals surface area (Å²) in [4.78, 5) is 18.2. The van der Waals surface area contributed by atoms with E-state index in [4.69, 9.17) is 15.1 Å². The first-order valence-corrected chi connectivity index (χ1v) is 17.8. The molecule has 254 valence electrons. The Morgan fingerprint density at radius 1 is 0.438 bits per heavy atom. The molecule has 6 heteroatoms. The molecule has 0 amide bonds. The van der Waals surface area contributed by atoms with Gasteiger partial charge in [0.05, 0.1) is 22.8 Å². The van der Waals surface area contributed by atoms with E-state index in [0.29, 0.717) is 5.75 Å². The van der Waals surface area contributed by atoms with E-state index in [1.54, 1.807) is 24.3 Å². The van der Waals surface area contributed by atoms with Crippen LogP contribution in [-0.2, 0) is 46.7 Å². The molecule has 0 aliphatic carbocycles. The Kier molecular flexibility index (Phi) is 12.9. The zero-order valence-corrected chi connectivity index (χ0v) is 32.3. The molecule has 1 aromatic carbocycles. The van der Waals surface area contributed by atoms with Gasteiger partial charge in [0.25, 0.3) is 0 Å². The van der Waals surface area contributed by atoms with E-state index in [1.807, 2.05) is 6.07 Å². The summed E-state index contributed by atoms with van der Waals surface area (Å²) in [6, 6.07) is 18.0. The van der Waals surface area contributed by atoms with Crippen LogP contribution in [0.5, 0.6) is 5.75 Å². The molecule has 0 fully saturated rings. The third kappa shape index (κ3) is 7.18. The number of phenols is 1. The molecular formula is C42H52N4OPt+2. The number of hydrogen-bond donors (Lipinski definition) is 3. The topological polar surface area (TPSA) is 77.6 Å². The molecule has 0 unspecified atom stereocenters. The Hall–Kier alpha value is -3.69. The van der Waals surface area contributed by atoms with Crippen LogP contribution in [-0.4, -0.2) is 25.0 Å². The van der Waals surface area contributed by atoms with Crippen LogP contribution in [0.25, 0.3) is 44.4 Å². The minimum Gasteiger partial charge on any atom is -0.508 e. The number of aromatic hydroxyl groups is 1. The van der Waals surface area contributed by atoms with Crippen molar-refractivity contribution in [2.24, 2.45) is 0 Å². The number of hydrogen-bond acceptors (Lipinski definition) is 3. The van der Waals surface area contributed by atoms with Crippen LogP contribution in [0.15, 0.2) is 54.6 Å². The minimum atomic E-state index is 0. The van der Waals surface area contributed by atoms with Gasteiger partial charge in [-0.2, -0.15) is 0 Å². The van der Waals surface area contributed by atoms with E-state index in [2.05, 4.69) is 89.6 Å². The minimum absolute atomic E-state index is 0. The van der Waals surface area contributed by atoms with Crippen molar-refractivity contribution in [3.63, 3.8) is 0 Å². The first-order valence-electron chi connectivity index (χ1n) is 17.8. The number of aromatic amines is 2. The molecule has 5 heterocycles. The molecule has 3 aromatic heterocycles. The maximum absolute atomic E-state index is 8.63. The third-order valence-electron chi connectivity index (χ3n) is 9.72. The van der Waals surface area contributed by atoms with E-state index >= 15 is 0 Å². The molecule has 0 saturated carbocycles. The monoisotopic (exact) mass is 823 g/mol. The van der Waals surface area contributed by atoms with Crippen molar-refractivity contribution in [3.05, 3.63) is 99.6 Å². The molecule has 48 heavy (non-hydrogen) atoms. The maximum Gasteiger partial charge on any atom is 2.00 e. The SMILES string of the molecule is CCC1=C(CC)c2cc3[nH]c(cc4[nH]c(cc5nc(cc1n2)C(CC)=C5CC)c(CC)c4CC)c(CC)c3CC.Oc1ccccc1.[Pt+2]. The average molecular weight is 824 g/mol. The van der Waals surface area contributed by atoms with Gasteiger partial charge in [-0.15, -0.1) is 0 Å². The van der Waals surface area contributed by atoms with Crippen molar-refractivity contribution < 1.29 is 26.2 Å². The number of phenolic OH excluding ortho intramolecular Hbond substituents is 1. The van der Waals surface area contributed by atoms with Crippen molar-refractivity contribution in [2.75, 3.05) is 0 Å². The number of nitrogens with one attached hydrogen (secondary N) is 2. The number of H-pyrrole nitrogens is 2. The van der Waals surface area contributed by atoms with Gasteiger partial charge in [0.15, 0.2) is 0 Å². The summed E-state index contributed by atoms with van der Waals surface area (Å²) in [6.45, 7) is 18.1. The third-order valence-corrected chi connectivity index (χ3v) is 9.72. The van der Waals surface area contributed by atoms with E-state index in [0.717, 1.165) is 74.1 Å². The molecule has 4 aromatic rings. The number of benzene rings is 1. The molecule has 2 aliphatic heterocycles. The quantitative estimate of drug-likeness (QED) is 0.166. The summed E-state index contributed by atoms with van der Waals surface area (Å²) in [5, 5.41) is 8.63. The Balaban J connectivity index is 0.000000578. The number of nitrogens with zero attached hydrogens (tertiary/aromatic N) is 2. The molecule has 0 atom stereocenters. The van der Waals surface area contributed by atoms with Crippen molar-refractivity contribution in [3.8, 4) is 5.75 Å². The molecule has 3 N–H and O–H groups in total. The fourth-order valence-corrected chi connectivity index (χ4v) is 7.53. The molecule has 6 rings (SSSR count). The Morgan fingerprint density at radius 3 is 1.02 bits per heavy atom. The first-order chi connectivity index (χ1) is 22.8. The smallest absolute Gasteiger partial charge is 0.508 e. The zero-order valence-electron chi connectivity index (χ0n) is 30.0. The summed E-state index contributed by atoms with van der Waals surface area (Å²) in [7, 11) is 0. The normalized spacial score (nSPS) is 12.6. The van der Waals surface area contributed by atoms with Gasteiger partial charge in [0.2, 0.25) is 0 Å². The van der Waals surface area contributed by atoms with Gasteiger partial charge in [-0.1, -0.05) is 73.6 Å². The van der Waals surface area contributed by atoms with Gasteiger partial charge in [-0.05, 0) is 132 Å². The van der Waals surface area contributed by atoms with Gasteiger partial charge in [-0.25, -0.2) is 9.97 Å². The van der Waals surface area contributed by atoms with E-state index < -0.39 is 0 Å². The second-order valence-corrected chi connectivity index (χ2v) is 12.2. The van der Waals surface area contributed by atoms with E-state index in [-0.39, 0.29) is 21.1 Å². The standard InChI is InChI=1S/C36H46N4.C6H6O.Pt/c1-9-21-22(10-2)30-18-32-25(13-5)26(14-6)34(39-32)20-36-28(16-8)27(15-7)35(40-36)19-33-24(12-4)23(11-3)31(38-33)17-29(21)37-30;7-6-4-2-1-3-5-6;/h17-20,37-38H,9-16H2,1-8H3;1-5,7H;/q;;+2. The van der Waals surface area contributed by atoms with Crippen molar-refractivity contribution in [1.29, 1.82) is 0 Å². The Bertz CT molecular complexity index is 1860. The summed E-state index contributed by atoms with van der Waals surface area (Å²) in [5.41, 5.74) is 20.2. The maximum atomic E-state index is 8.63. The van der Waals surface area contributed by atoms with E-state index in [1.165, 1.54) is 66.6 Å². The van der Waals surface area contributed by atoms with Crippen LogP contribution in [0.2, 0.25) is 0 Å². The van der Waals surface area contributed by atoms with Crippen molar-refractivity contribution in [2.45, 2.75) is 107 Å². The Labute approximate surface area is 301 Å². The predicted molar refractivity (Wildman–Crippen MR) is 201 cm³/mol. The van der Waals surface area contributed by atoms with Gasteiger partial charge in [0.1, 0.15) is 5.75 Å². The van der Waals surface area contributed by atoms with Crippen molar-refractivity contribution >= 4 is 44.4 Å². The van der Waals surface area contributed by atoms with Crippen LogP contribution in [0.1, 0.15) is 126 Å². The van der Waals surface area contributed by atoms with Crippen LogP contribution >= 0.6 is 0 Å². The number of fused-ring (bicyclic) bond motifs is 8. The largest absolute Gasteiger partial charge is 2.00 e. The fourth-order valence-electron chi connectivity index (χ4n) is 7.53. The molecular weight excluding hydrogens is 772 g/mol. The Morgan fingerprint density at radius 2 is 0.750 bits per heavy atom. The number of aryl methyl sites for hydroxylation is 4. The van der Waals surface area contributed by atoms with Crippen LogP contribution < -0.4 is 0 Å². The zero-order chi connectivity index (χ0) is 33.7. The molecule has 5 nitrogen and oxygen atoms in total. The van der Waals surface area contributed by atoms with Gasteiger partial charge >= 0.3 is 21.1 Å². The summed E-state index contributed by atoms with van der Waals surface area (Å²) < 4.78 is 0. The number of allylic oxidation sites excluding steroid dienone is 4. The molecule has 0 radical (unpaired) electrons. The van der Waals surface area contributed by atoms with Crippen LogP contribution in [0.4, 0.5) is 0 Å². The predicted octanol–water partition coefficient (Wildman–Crippen LogP) is 11.4. The molecule has 0 saturated heterocycles. The molecule has 0 spiro atoms. The van der Waals surface area contributed by atoms with Gasteiger partial charge in [-0.3, -0.25) is 0 Å². The molecule has 8 bridgehead atoms. The van der Waals surface area contributed by atoms with Crippen LogP contribution in [0, 0.1) is 0 Å². The second-order valence-electron chi connectivity index (χ2n) is 12.2. The summed E-state index contributed by atoms with van der Waals surface area (Å²) >= 11 is 0. The fraction of sp³-hybridized carbons (Fsp3) is 0.381. The first kappa shape index (κ1) is 37.1. The summed E-state index contributed by atoms with van der Waals surface area (Å²) in [5.74, 6) is 0.322. The number of para-hydroxylation sites is 1. The number of rotatable bonds is 8. The van der Waals surface area contributed by atoms with Crippen molar-refractivity contribution in [1.82, 2.24) is 19.9 Å². The molecule has 2 aliphatic rings. The average Bonchev–Trinajstić information content (AvgIpc) is 3.80. The van der Waals surface area contributed by atoms with Crippen LogP contribution in [0.3, 0.4) is 0 Å².